The highest BCUT2D eigenvalue weighted by Crippen LogP contribution is 2.38. The van der Waals surface area contributed by atoms with Gasteiger partial charge in [-0.15, -0.1) is 0 Å². The molecule has 1 amide bonds. The molecular weight excluding hydrogens is 1060 g/mol. The van der Waals surface area contributed by atoms with Crippen molar-refractivity contribution >= 4 is 41.5 Å². The second-order valence-corrected chi connectivity index (χ2v) is 22.6. The number of carbonyl (C=O) groups is 7. The molecule has 1 aliphatic carbocycles. The van der Waals surface area contributed by atoms with Gasteiger partial charge in [0.25, 0.3) is 11.7 Å². The quantitative estimate of drug-likeness (QED) is 0.0645. The maximum atomic E-state index is 14.7. The number of ether oxygens (including phenoxy) is 9. The maximum absolute atomic E-state index is 14.7. The van der Waals surface area contributed by atoms with Crippen molar-refractivity contribution in [3.8, 4) is 0 Å². The molecule has 3 aliphatic heterocycles. The first-order chi connectivity index (χ1) is 38.4. The van der Waals surface area contributed by atoms with E-state index in [1.165, 1.54) is 27.4 Å². The molecule has 5 N–H and O–H groups in total. The highest BCUT2D eigenvalue weighted by molar-refractivity contribution is 6.39. The van der Waals surface area contributed by atoms with Gasteiger partial charge >= 0.3 is 18.3 Å². The normalized spacial score (nSPS) is 35.3. The number of Topliss-reactive ketones (excluding diaryl/α,β-unsaturated/α-hetero) is 3. The molecule has 0 spiro atoms. The van der Waals surface area contributed by atoms with Gasteiger partial charge in [-0.1, -0.05) is 71.1 Å². The Morgan fingerprint density at radius 3 is 2.06 bits per heavy atom. The van der Waals surface area contributed by atoms with Crippen LogP contribution in [0.1, 0.15) is 126 Å². The van der Waals surface area contributed by atoms with Gasteiger partial charge in [-0.05, 0) is 107 Å². The number of nitrogens with zero attached hydrogens (tertiary/aromatic N) is 1. The summed E-state index contributed by atoms with van der Waals surface area (Å²) < 4.78 is 51.1. The van der Waals surface area contributed by atoms with Crippen LogP contribution in [0.4, 0.5) is 9.59 Å². The monoisotopic (exact) mass is 1150 g/mol. The summed E-state index contributed by atoms with van der Waals surface area (Å²) >= 11 is 0. The fraction of sp³-hybridized carbons (Fsp3) is 0.746. The molecule has 4 aliphatic rings. The number of esters is 1. The molecule has 2 saturated heterocycles. The lowest BCUT2D eigenvalue weighted by atomic mass is 9.78. The van der Waals surface area contributed by atoms with Crippen molar-refractivity contribution in [3.05, 3.63) is 47.6 Å². The average Bonchev–Trinajstić information content (AvgIpc) is 3.45. The number of fused-ring (bicyclic) bond motifs is 3. The van der Waals surface area contributed by atoms with Crippen LogP contribution in [0.25, 0.3) is 0 Å². The number of rotatable bonds is 14. The maximum Gasteiger partial charge on any atom is 0.509 e. The summed E-state index contributed by atoms with van der Waals surface area (Å²) in [5.74, 6) is -9.68. The average molecular weight is 1150 g/mol. The van der Waals surface area contributed by atoms with Crippen LogP contribution in [0.2, 0.25) is 0 Å². The number of methoxy groups -OCH3 is 3. The number of carbonyl (C=O) groups excluding carboxylic acids is 7. The van der Waals surface area contributed by atoms with Crippen LogP contribution >= 0.6 is 0 Å². The molecule has 0 aromatic rings. The smallest absolute Gasteiger partial charge is 0.460 e. The van der Waals surface area contributed by atoms with Crippen molar-refractivity contribution in [2.24, 2.45) is 35.5 Å². The van der Waals surface area contributed by atoms with E-state index in [1.807, 2.05) is 51.2 Å². The third kappa shape index (κ3) is 20.2. The van der Waals surface area contributed by atoms with E-state index in [9.17, 15) is 54.0 Å². The molecular formula is C59H91NO21. The molecule has 458 valence electrons. The van der Waals surface area contributed by atoms with E-state index in [-0.39, 0.29) is 43.2 Å². The van der Waals surface area contributed by atoms with Gasteiger partial charge in [0.05, 0.1) is 31.5 Å². The standard InChI is InChI=1S/C59H91NO21/c1-34-16-12-11-13-17-35(2)48(73-8)28-44-21-19-40(7)59(72,81-44)54(67)55(68)60-23-15-14-18-45(60)56(69)78-49(37(4)26-41-20-22-47(50(27-41)74-9)79-57(70)76-32-42(63)30-61)29-46(65)36(3)25-39(6)52(53(75-10)51(66)38(5)24-34)80-58(71)77-33-43(64)31-62/h11-13,16-17,25,34,36-38,40-45,47-50,52-53,61-64,72H,14-15,18-24,26-33H2,1-10H3/b13-11+,16-12+,35-17+,39-25+/t34-,36-,37-,38-,40-,41+,42?,43?,44?,45?,47-,48+,49+,50-,52-,53+,59-/m1/s1. The first-order valence-corrected chi connectivity index (χ1v) is 28.5. The van der Waals surface area contributed by atoms with E-state index in [1.54, 1.807) is 27.7 Å². The Bertz CT molecular complexity index is 2210. The van der Waals surface area contributed by atoms with E-state index in [0.717, 1.165) is 10.5 Å². The molecule has 1 saturated carbocycles. The van der Waals surface area contributed by atoms with E-state index >= 15 is 0 Å². The summed E-state index contributed by atoms with van der Waals surface area (Å²) in [6, 6.07) is -1.27. The van der Waals surface area contributed by atoms with Crippen LogP contribution in [-0.4, -0.2) is 193 Å². The lowest BCUT2D eigenvalue weighted by Crippen LogP contribution is -2.61. The molecule has 22 heteroatoms. The van der Waals surface area contributed by atoms with Crippen molar-refractivity contribution in [1.82, 2.24) is 4.90 Å². The number of cyclic esters (lactones) is 1. The first-order valence-electron chi connectivity index (χ1n) is 28.5. The number of aliphatic hydroxyl groups is 5. The van der Waals surface area contributed by atoms with Crippen LogP contribution in [0.5, 0.6) is 0 Å². The zero-order chi connectivity index (χ0) is 60.1. The van der Waals surface area contributed by atoms with E-state index in [2.05, 4.69) is 0 Å². The summed E-state index contributed by atoms with van der Waals surface area (Å²) in [5, 5.41) is 50.0. The van der Waals surface area contributed by atoms with Gasteiger partial charge in [-0.2, -0.15) is 0 Å². The van der Waals surface area contributed by atoms with Crippen molar-refractivity contribution in [2.45, 2.75) is 192 Å². The number of hydrogen-bond donors (Lipinski definition) is 5. The minimum Gasteiger partial charge on any atom is -0.460 e. The van der Waals surface area contributed by atoms with E-state index in [0.29, 0.717) is 57.8 Å². The zero-order valence-electron chi connectivity index (χ0n) is 48.9. The minimum absolute atomic E-state index is 0.00232. The summed E-state index contributed by atoms with van der Waals surface area (Å²) in [7, 11) is 4.29. The Morgan fingerprint density at radius 2 is 1.43 bits per heavy atom. The molecule has 3 heterocycles. The van der Waals surface area contributed by atoms with Crippen LogP contribution < -0.4 is 0 Å². The third-order valence-electron chi connectivity index (χ3n) is 16.1. The third-order valence-corrected chi connectivity index (χ3v) is 16.1. The molecule has 4 unspecified atom stereocenters. The molecule has 81 heavy (non-hydrogen) atoms. The zero-order valence-corrected chi connectivity index (χ0v) is 48.9. The number of piperidine rings is 1. The van der Waals surface area contributed by atoms with Crippen LogP contribution in [0.15, 0.2) is 47.6 Å². The molecule has 0 aromatic carbocycles. The summed E-state index contributed by atoms with van der Waals surface area (Å²) in [4.78, 5) is 99.2. The second kappa shape index (κ2) is 33.4. The fourth-order valence-electron chi connectivity index (χ4n) is 11.1. The SMILES string of the molecule is CO[C@H]1CC2CC[C@@H](C)[C@@](O)(O2)C(=O)C(=O)N2CCCCC2C(=O)O[C@H]([C@H](C)C[C@@H]2CC[C@@H](OC(=O)OCC(O)CO)[C@H](OC)C2)CC(=O)[C@H](C)/C=C(\C)[C@@H](OC(=O)OCC(O)CO)[C@@H](OC)C(=O)[C@H](C)C[C@H](C)/C=C/C=C/C=C/1C. The Balaban J connectivity index is 1.76. The summed E-state index contributed by atoms with van der Waals surface area (Å²) in [6.07, 6.45) is 3.14. The molecule has 0 aromatic heterocycles. The van der Waals surface area contributed by atoms with Crippen molar-refractivity contribution in [1.29, 1.82) is 0 Å². The highest BCUT2D eigenvalue weighted by Gasteiger charge is 2.53. The largest absolute Gasteiger partial charge is 0.509 e. The molecule has 0 radical (unpaired) electrons. The number of hydrogen-bond acceptors (Lipinski definition) is 21. The predicted octanol–water partition coefficient (Wildman–Crippen LogP) is 5.21. The number of allylic oxidation sites excluding steroid dienone is 6. The molecule has 2 bridgehead atoms. The molecule has 17 atom stereocenters. The molecule has 22 nitrogen and oxygen atoms in total. The molecule has 4 rings (SSSR count). The first kappa shape index (κ1) is 68.6. The van der Waals surface area contributed by atoms with Gasteiger partial charge < -0.3 is 73.1 Å². The van der Waals surface area contributed by atoms with Crippen LogP contribution in [0, 0.1) is 35.5 Å². The molecule has 3 fully saturated rings. The lowest BCUT2D eigenvalue weighted by molar-refractivity contribution is -0.265. The van der Waals surface area contributed by atoms with Gasteiger partial charge in [0, 0.05) is 58.5 Å². The van der Waals surface area contributed by atoms with E-state index < -0.39 is 158 Å². The Kier molecular flexibility index (Phi) is 28.3. The van der Waals surface area contributed by atoms with Gasteiger partial charge in [-0.3, -0.25) is 19.2 Å². The Labute approximate surface area is 476 Å². The number of amides is 1. The highest BCUT2D eigenvalue weighted by atomic mass is 16.7. The van der Waals surface area contributed by atoms with Gasteiger partial charge in [-0.25, -0.2) is 14.4 Å². The second-order valence-electron chi connectivity index (χ2n) is 22.6. The van der Waals surface area contributed by atoms with Crippen LogP contribution in [0.3, 0.4) is 0 Å². The summed E-state index contributed by atoms with van der Waals surface area (Å²) in [6.45, 7) is 9.71. The van der Waals surface area contributed by atoms with Gasteiger partial charge in [0.15, 0.2) is 18.0 Å². The minimum atomic E-state index is -2.51. The van der Waals surface area contributed by atoms with Gasteiger partial charge in [0.1, 0.15) is 49.5 Å². The topological polar surface area (TPSA) is 307 Å². The van der Waals surface area contributed by atoms with Crippen molar-refractivity contribution < 1.29 is 102 Å². The lowest BCUT2D eigenvalue weighted by Gasteiger charge is -2.42. The van der Waals surface area contributed by atoms with Crippen LogP contribution in [-0.2, 0) is 66.6 Å². The predicted molar refractivity (Wildman–Crippen MR) is 292 cm³/mol. The Morgan fingerprint density at radius 1 is 0.765 bits per heavy atom. The Hall–Kier alpha value is -4.91. The van der Waals surface area contributed by atoms with Crippen molar-refractivity contribution in [2.75, 3.05) is 54.3 Å². The summed E-state index contributed by atoms with van der Waals surface area (Å²) in [5.41, 5.74) is 1.05. The fourth-order valence-corrected chi connectivity index (χ4v) is 11.1. The van der Waals surface area contributed by atoms with E-state index in [4.69, 9.17) is 47.7 Å². The van der Waals surface area contributed by atoms with Crippen molar-refractivity contribution in [3.63, 3.8) is 0 Å². The number of aliphatic hydroxyl groups excluding tert-OH is 4. The van der Waals surface area contributed by atoms with Gasteiger partial charge in [0.2, 0.25) is 5.79 Å². The number of ketones is 3.